The van der Waals surface area contributed by atoms with Crippen LogP contribution >= 0.6 is 11.3 Å². The molecule has 2 rings (SSSR count). The number of nitrogens with zero attached hydrogens (tertiary/aromatic N) is 2. The Bertz CT molecular complexity index is 754. The van der Waals surface area contributed by atoms with Crippen LogP contribution in [0.15, 0.2) is 28.7 Å². The Morgan fingerprint density at radius 1 is 1.16 bits per heavy atom. The van der Waals surface area contributed by atoms with Gasteiger partial charge < -0.3 is 16.0 Å². The van der Waals surface area contributed by atoms with Crippen LogP contribution < -0.4 is 16.0 Å². The molecule has 1 heterocycles. The molecule has 0 bridgehead atoms. The lowest BCUT2D eigenvalue weighted by atomic mass is 10.1. The molecule has 0 atom stereocenters. The number of hydrogen-bond acceptors (Lipinski definition) is 4. The van der Waals surface area contributed by atoms with E-state index in [2.05, 4.69) is 58.0 Å². The minimum absolute atomic E-state index is 0.0833. The zero-order valence-corrected chi connectivity index (χ0v) is 16.0. The quantitative estimate of drug-likeness (QED) is 0.420. The number of carbonyl (C=O) groups excluding carboxylic acids is 1. The first-order valence-electron chi connectivity index (χ1n) is 8.20. The molecular weight excluding hydrogens is 334 g/mol. The highest BCUT2D eigenvalue weighted by Crippen LogP contribution is 2.11. The van der Waals surface area contributed by atoms with E-state index >= 15 is 0 Å². The maximum Gasteiger partial charge on any atom is 0.263 e. The molecule has 0 unspecified atom stereocenters. The number of nitrogens with one attached hydrogen (secondary N) is 3. The Morgan fingerprint density at radius 2 is 1.92 bits per heavy atom. The van der Waals surface area contributed by atoms with E-state index in [1.165, 1.54) is 28.0 Å². The Balaban J connectivity index is 1.73. The van der Waals surface area contributed by atoms with Crippen molar-refractivity contribution in [1.29, 1.82) is 0 Å². The number of aliphatic imine (C=N–C) groups is 1. The summed E-state index contributed by atoms with van der Waals surface area (Å²) in [6.07, 6.45) is 0. The van der Waals surface area contributed by atoms with Gasteiger partial charge in [-0.1, -0.05) is 23.8 Å². The molecule has 7 heteroatoms. The van der Waals surface area contributed by atoms with Crippen LogP contribution in [0.25, 0.3) is 0 Å². The normalized spacial score (nSPS) is 11.3. The first kappa shape index (κ1) is 18.9. The smallest absolute Gasteiger partial charge is 0.263 e. The number of thiazole rings is 1. The van der Waals surface area contributed by atoms with Gasteiger partial charge in [0.15, 0.2) is 5.96 Å². The van der Waals surface area contributed by atoms with Gasteiger partial charge in [-0.05, 0) is 31.9 Å². The summed E-state index contributed by atoms with van der Waals surface area (Å²) in [6, 6.07) is 6.41. The molecule has 0 fully saturated rings. The van der Waals surface area contributed by atoms with E-state index < -0.39 is 0 Å². The van der Waals surface area contributed by atoms with Gasteiger partial charge in [-0.3, -0.25) is 9.79 Å². The van der Waals surface area contributed by atoms with E-state index in [-0.39, 0.29) is 5.91 Å². The first-order chi connectivity index (χ1) is 12.0. The molecule has 6 nitrogen and oxygen atoms in total. The third kappa shape index (κ3) is 5.56. The van der Waals surface area contributed by atoms with Gasteiger partial charge in [0.05, 0.1) is 11.2 Å². The summed E-state index contributed by atoms with van der Waals surface area (Å²) < 4.78 is 0. The van der Waals surface area contributed by atoms with Crippen molar-refractivity contribution in [2.45, 2.75) is 27.3 Å². The number of hydrogen-bond donors (Lipinski definition) is 3. The predicted molar refractivity (Wildman–Crippen MR) is 103 cm³/mol. The van der Waals surface area contributed by atoms with Gasteiger partial charge in [0.25, 0.3) is 5.91 Å². The van der Waals surface area contributed by atoms with E-state index in [4.69, 9.17) is 0 Å². The summed E-state index contributed by atoms with van der Waals surface area (Å²) in [5.41, 5.74) is 6.20. The Morgan fingerprint density at radius 3 is 2.56 bits per heavy atom. The second-order valence-corrected chi connectivity index (χ2v) is 6.66. The van der Waals surface area contributed by atoms with E-state index in [1.54, 1.807) is 12.6 Å². The van der Waals surface area contributed by atoms with E-state index in [1.807, 2.05) is 6.92 Å². The number of benzene rings is 1. The minimum Gasteiger partial charge on any atom is -0.355 e. The average molecular weight is 359 g/mol. The Kier molecular flexibility index (Phi) is 6.94. The zero-order valence-electron chi connectivity index (χ0n) is 15.1. The lowest BCUT2D eigenvalue weighted by Gasteiger charge is -2.13. The lowest BCUT2D eigenvalue weighted by Crippen LogP contribution is -2.41. The zero-order chi connectivity index (χ0) is 18.2. The molecule has 0 radical (unpaired) electrons. The number of amides is 1. The van der Waals surface area contributed by atoms with Gasteiger partial charge in [-0.25, -0.2) is 4.98 Å². The molecule has 1 aromatic heterocycles. The molecule has 25 heavy (non-hydrogen) atoms. The molecule has 2 aromatic rings. The third-order valence-electron chi connectivity index (χ3n) is 3.82. The van der Waals surface area contributed by atoms with Gasteiger partial charge in [0.2, 0.25) is 0 Å². The van der Waals surface area contributed by atoms with Gasteiger partial charge in [-0.15, -0.1) is 11.3 Å². The third-order valence-corrected chi connectivity index (χ3v) is 4.75. The van der Waals surface area contributed by atoms with Crippen molar-refractivity contribution < 1.29 is 4.79 Å². The van der Waals surface area contributed by atoms with Crippen LogP contribution in [-0.4, -0.2) is 37.0 Å². The predicted octanol–water partition coefficient (Wildman–Crippen LogP) is 2.16. The van der Waals surface area contributed by atoms with Crippen molar-refractivity contribution in [3.05, 3.63) is 51.0 Å². The molecule has 0 aliphatic carbocycles. The topological polar surface area (TPSA) is 78.4 Å². The van der Waals surface area contributed by atoms with E-state index in [9.17, 15) is 4.79 Å². The van der Waals surface area contributed by atoms with E-state index in [0.29, 0.717) is 30.5 Å². The van der Waals surface area contributed by atoms with Crippen molar-refractivity contribution in [2.75, 3.05) is 20.1 Å². The highest BCUT2D eigenvalue weighted by atomic mass is 32.1. The fourth-order valence-corrected chi connectivity index (χ4v) is 3.12. The van der Waals surface area contributed by atoms with Crippen LogP contribution in [0.1, 0.15) is 32.1 Å². The van der Waals surface area contributed by atoms with Crippen LogP contribution in [0.4, 0.5) is 0 Å². The van der Waals surface area contributed by atoms with Crippen molar-refractivity contribution >= 4 is 23.2 Å². The summed E-state index contributed by atoms with van der Waals surface area (Å²) >= 11 is 1.35. The largest absolute Gasteiger partial charge is 0.355 e. The fraction of sp³-hybridized carbons (Fsp3) is 0.389. The van der Waals surface area contributed by atoms with Crippen molar-refractivity contribution in [1.82, 2.24) is 20.9 Å². The molecule has 0 aliphatic heterocycles. The molecule has 0 saturated heterocycles. The van der Waals surface area contributed by atoms with Crippen LogP contribution in [0.2, 0.25) is 0 Å². The standard InChI is InChI=1S/C18H25N5OS/c1-12-5-6-15(13(2)9-12)10-22-18(19-4)21-8-7-20-17(24)16-14(3)23-11-25-16/h5-6,9,11H,7-8,10H2,1-4H3,(H,20,24)(H2,19,21,22). The molecular formula is C18H25N5OS. The summed E-state index contributed by atoms with van der Waals surface area (Å²) in [5.74, 6) is 0.628. The molecule has 3 N–H and O–H groups in total. The monoisotopic (exact) mass is 359 g/mol. The second-order valence-electron chi connectivity index (χ2n) is 5.81. The minimum atomic E-state index is -0.0833. The number of guanidine groups is 1. The maximum atomic E-state index is 12.0. The first-order valence-corrected chi connectivity index (χ1v) is 9.08. The van der Waals surface area contributed by atoms with Crippen molar-refractivity contribution in [3.63, 3.8) is 0 Å². The Hall–Kier alpha value is -2.41. The van der Waals surface area contributed by atoms with Gasteiger partial charge in [0, 0.05) is 26.7 Å². The molecule has 0 aliphatic rings. The summed E-state index contributed by atoms with van der Waals surface area (Å²) in [5, 5.41) is 9.37. The SMILES string of the molecule is CN=C(NCCNC(=O)c1scnc1C)NCc1ccc(C)cc1C. The molecule has 1 aromatic carbocycles. The van der Waals surface area contributed by atoms with Crippen LogP contribution in [-0.2, 0) is 6.54 Å². The summed E-state index contributed by atoms with van der Waals surface area (Å²) in [4.78, 5) is 21.0. The number of rotatable bonds is 6. The average Bonchev–Trinajstić information content (AvgIpc) is 3.01. The van der Waals surface area contributed by atoms with Crippen molar-refractivity contribution in [2.24, 2.45) is 4.99 Å². The van der Waals surface area contributed by atoms with Crippen LogP contribution in [0.3, 0.4) is 0 Å². The highest BCUT2D eigenvalue weighted by molar-refractivity contribution is 7.11. The Labute approximate surface area is 152 Å². The van der Waals surface area contributed by atoms with Crippen LogP contribution in [0, 0.1) is 20.8 Å². The van der Waals surface area contributed by atoms with Gasteiger partial charge in [0.1, 0.15) is 4.88 Å². The molecule has 1 amide bonds. The number of carbonyl (C=O) groups is 1. The lowest BCUT2D eigenvalue weighted by molar-refractivity contribution is 0.0957. The summed E-state index contributed by atoms with van der Waals surface area (Å²) in [7, 11) is 1.73. The second kappa shape index (κ2) is 9.17. The van der Waals surface area contributed by atoms with Crippen LogP contribution in [0.5, 0.6) is 0 Å². The van der Waals surface area contributed by atoms with E-state index in [0.717, 1.165) is 5.69 Å². The molecule has 134 valence electrons. The van der Waals surface area contributed by atoms with Crippen molar-refractivity contribution in [3.8, 4) is 0 Å². The molecule has 0 spiro atoms. The van der Waals surface area contributed by atoms with Gasteiger partial charge >= 0.3 is 0 Å². The highest BCUT2D eigenvalue weighted by Gasteiger charge is 2.10. The number of aryl methyl sites for hydroxylation is 3. The maximum absolute atomic E-state index is 12.0. The number of aromatic nitrogens is 1. The molecule has 0 saturated carbocycles. The fourth-order valence-electron chi connectivity index (χ4n) is 2.40. The van der Waals surface area contributed by atoms with Gasteiger partial charge in [-0.2, -0.15) is 0 Å². The summed E-state index contributed by atoms with van der Waals surface area (Å²) in [6.45, 7) is 7.85.